The molecule has 0 bridgehead atoms. The Kier molecular flexibility index (Phi) is 3.33. The van der Waals surface area contributed by atoms with Gasteiger partial charge in [-0.25, -0.2) is 0 Å². The van der Waals surface area contributed by atoms with Crippen molar-refractivity contribution >= 4 is 16.8 Å². The van der Waals surface area contributed by atoms with E-state index in [9.17, 15) is 4.79 Å². The van der Waals surface area contributed by atoms with Gasteiger partial charge in [-0.3, -0.25) is 4.79 Å². The highest BCUT2D eigenvalue weighted by Gasteiger charge is 2.04. The van der Waals surface area contributed by atoms with Gasteiger partial charge in [-0.15, -0.1) is 0 Å². The molecule has 11 heavy (non-hydrogen) atoms. The van der Waals surface area contributed by atoms with Crippen molar-refractivity contribution in [3.8, 4) is 0 Å². The molecule has 0 saturated heterocycles. The molecule has 1 N–H and O–H groups in total. The maximum Gasteiger partial charge on any atom is 0.235 e. The fourth-order valence-electron chi connectivity index (χ4n) is 0.943. The molecule has 0 saturated carbocycles. The van der Waals surface area contributed by atoms with Crippen molar-refractivity contribution in [2.45, 2.75) is 12.5 Å². The second-order valence-electron chi connectivity index (χ2n) is 2.39. The van der Waals surface area contributed by atoms with Gasteiger partial charge >= 0.3 is 0 Å². The number of hydrogen-bond donors (Lipinski definition) is 1. The average Bonchev–Trinajstić information content (AvgIpc) is 2.03. The molecular formula is C8H10ClNO. The van der Waals surface area contributed by atoms with Gasteiger partial charge in [-0.2, -0.15) is 0 Å². The van der Waals surface area contributed by atoms with Gasteiger partial charge in [0, 0.05) is 6.04 Å². The zero-order valence-electron chi connectivity index (χ0n) is 6.09. The third kappa shape index (κ3) is 3.35. The van der Waals surface area contributed by atoms with Gasteiger partial charge in [0.1, 0.15) is 0 Å². The summed E-state index contributed by atoms with van der Waals surface area (Å²) in [6, 6.07) is 0.266. The summed E-state index contributed by atoms with van der Waals surface area (Å²) in [5, 5.41) is 2.66. The zero-order valence-corrected chi connectivity index (χ0v) is 6.84. The minimum atomic E-state index is -0.340. The molecular weight excluding hydrogens is 162 g/mol. The maximum atomic E-state index is 10.3. The summed E-state index contributed by atoms with van der Waals surface area (Å²) >= 11 is 5.15. The molecule has 0 radical (unpaired) electrons. The van der Waals surface area contributed by atoms with Crippen molar-refractivity contribution in [2.24, 2.45) is 0 Å². The average molecular weight is 172 g/mol. The second-order valence-corrected chi connectivity index (χ2v) is 2.81. The third-order valence-corrected chi connectivity index (χ3v) is 1.62. The van der Waals surface area contributed by atoms with Crippen LogP contribution < -0.4 is 5.32 Å². The Labute approximate surface area is 70.9 Å². The molecule has 0 spiro atoms. The van der Waals surface area contributed by atoms with Crippen molar-refractivity contribution in [3.05, 3.63) is 24.3 Å². The van der Waals surface area contributed by atoms with Gasteiger partial charge in [-0.1, -0.05) is 24.3 Å². The van der Waals surface area contributed by atoms with Crippen LogP contribution in [0, 0.1) is 0 Å². The highest BCUT2D eigenvalue weighted by Crippen LogP contribution is 2.01. The monoisotopic (exact) mass is 171 g/mol. The van der Waals surface area contributed by atoms with E-state index in [-0.39, 0.29) is 17.8 Å². The summed E-state index contributed by atoms with van der Waals surface area (Å²) in [6.45, 7) is 0.240. The molecule has 0 heterocycles. The number of hydrogen-bond acceptors (Lipinski definition) is 2. The lowest BCUT2D eigenvalue weighted by Crippen LogP contribution is -2.30. The number of carbonyl (C=O) groups is 1. The van der Waals surface area contributed by atoms with Crippen LogP contribution in [0.25, 0.3) is 0 Å². The largest absolute Gasteiger partial charge is 0.302 e. The smallest absolute Gasteiger partial charge is 0.235 e. The lowest BCUT2D eigenvalue weighted by molar-refractivity contribution is -0.111. The van der Waals surface area contributed by atoms with Crippen LogP contribution in [0.2, 0.25) is 0 Å². The van der Waals surface area contributed by atoms with Gasteiger partial charge in [0.2, 0.25) is 5.24 Å². The fourth-order valence-corrected chi connectivity index (χ4v) is 1.02. The van der Waals surface area contributed by atoms with Crippen molar-refractivity contribution in [2.75, 3.05) is 6.54 Å². The minimum Gasteiger partial charge on any atom is -0.302 e. The van der Waals surface area contributed by atoms with E-state index in [1.165, 1.54) is 0 Å². The van der Waals surface area contributed by atoms with Crippen LogP contribution in [0.15, 0.2) is 24.3 Å². The Bertz CT molecular complexity index is 198. The molecule has 2 nitrogen and oxygen atoms in total. The topological polar surface area (TPSA) is 29.1 Å². The molecule has 1 unspecified atom stereocenters. The molecule has 1 aliphatic rings. The molecule has 0 fully saturated rings. The fraction of sp³-hybridized carbons (Fsp3) is 0.375. The second kappa shape index (κ2) is 4.31. The number of halogens is 1. The first kappa shape index (κ1) is 8.50. The lowest BCUT2D eigenvalue weighted by Gasteiger charge is -2.12. The first-order chi connectivity index (χ1) is 5.29. The van der Waals surface area contributed by atoms with Crippen LogP contribution in [-0.2, 0) is 4.79 Å². The third-order valence-electron chi connectivity index (χ3n) is 1.48. The van der Waals surface area contributed by atoms with Gasteiger partial charge < -0.3 is 5.32 Å². The van der Waals surface area contributed by atoms with Crippen molar-refractivity contribution in [3.63, 3.8) is 0 Å². The molecule has 0 amide bonds. The Morgan fingerprint density at radius 3 is 3.00 bits per heavy atom. The molecule has 0 aliphatic heterocycles. The van der Waals surface area contributed by atoms with E-state index < -0.39 is 0 Å². The molecule has 1 atom stereocenters. The lowest BCUT2D eigenvalue weighted by atomic mass is 10.1. The number of allylic oxidation sites excluding steroid dienone is 2. The van der Waals surface area contributed by atoms with Gasteiger partial charge in [-0.05, 0) is 18.0 Å². The molecule has 0 aromatic carbocycles. The molecule has 0 aromatic heterocycles. The van der Waals surface area contributed by atoms with E-state index in [0.717, 1.165) is 6.42 Å². The SMILES string of the molecule is O=C(Cl)CNC1C=CC=CC1. The zero-order chi connectivity index (χ0) is 8.10. The quantitative estimate of drug-likeness (QED) is 0.648. The maximum absolute atomic E-state index is 10.3. The van der Waals surface area contributed by atoms with Crippen molar-refractivity contribution in [1.29, 1.82) is 0 Å². The predicted octanol–water partition coefficient (Wildman–Crippen LogP) is 1.23. The predicted molar refractivity (Wildman–Crippen MR) is 45.5 cm³/mol. The van der Waals surface area contributed by atoms with Crippen molar-refractivity contribution < 1.29 is 4.79 Å². The van der Waals surface area contributed by atoms with Crippen LogP contribution in [-0.4, -0.2) is 17.8 Å². The van der Waals surface area contributed by atoms with Crippen LogP contribution >= 0.6 is 11.6 Å². The van der Waals surface area contributed by atoms with E-state index in [0.29, 0.717) is 0 Å². The normalized spacial score (nSPS) is 22.1. The first-order valence-corrected chi connectivity index (χ1v) is 3.92. The summed E-state index contributed by atoms with van der Waals surface area (Å²) < 4.78 is 0. The summed E-state index contributed by atoms with van der Waals surface area (Å²) in [4.78, 5) is 10.3. The minimum absolute atomic E-state index is 0.240. The van der Waals surface area contributed by atoms with E-state index >= 15 is 0 Å². The van der Waals surface area contributed by atoms with Crippen LogP contribution in [0.1, 0.15) is 6.42 Å². The Hall–Kier alpha value is -0.600. The van der Waals surface area contributed by atoms with Crippen LogP contribution in [0.3, 0.4) is 0 Å². The summed E-state index contributed by atoms with van der Waals surface area (Å²) in [5.41, 5.74) is 0. The van der Waals surface area contributed by atoms with Crippen molar-refractivity contribution in [1.82, 2.24) is 5.32 Å². The van der Waals surface area contributed by atoms with Crippen LogP contribution in [0.4, 0.5) is 0 Å². The Morgan fingerprint density at radius 2 is 2.45 bits per heavy atom. The van der Waals surface area contributed by atoms with E-state index in [1.807, 2.05) is 18.2 Å². The molecule has 0 aromatic rings. The van der Waals surface area contributed by atoms with Gasteiger partial charge in [0.05, 0.1) is 6.54 Å². The summed E-state index contributed by atoms with van der Waals surface area (Å²) in [6.07, 6.45) is 8.94. The Morgan fingerprint density at radius 1 is 1.64 bits per heavy atom. The van der Waals surface area contributed by atoms with E-state index in [2.05, 4.69) is 11.4 Å². The highest BCUT2D eigenvalue weighted by molar-refractivity contribution is 6.64. The molecule has 60 valence electrons. The van der Waals surface area contributed by atoms with Gasteiger partial charge in [0.25, 0.3) is 0 Å². The molecule has 1 rings (SSSR count). The number of nitrogens with one attached hydrogen (secondary N) is 1. The highest BCUT2D eigenvalue weighted by atomic mass is 35.5. The molecule has 3 heteroatoms. The number of rotatable bonds is 3. The standard InChI is InChI=1S/C8H10ClNO/c9-8(11)6-10-7-4-2-1-3-5-7/h1-4,7,10H,5-6H2. The van der Waals surface area contributed by atoms with E-state index in [1.54, 1.807) is 0 Å². The Balaban J connectivity index is 2.22. The summed E-state index contributed by atoms with van der Waals surface area (Å²) in [5.74, 6) is 0. The van der Waals surface area contributed by atoms with E-state index in [4.69, 9.17) is 11.6 Å². The first-order valence-electron chi connectivity index (χ1n) is 3.54. The molecule has 1 aliphatic carbocycles. The number of carbonyl (C=O) groups excluding carboxylic acids is 1. The summed E-state index contributed by atoms with van der Waals surface area (Å²) in [7, 11) is 0. The van der Waals surface area contributed by atoms with Crippen LogP contribution in [0.5, 0.6) is 0 Å². The van der Waals surface area contributed by atoms with Gasteiger partial charge in [0.15, 0.2) is 0 Å².